The number of halogens is 4. The summed E-state index contributed by atoms with van der Waals surface area (Å²) in [6.45, 7) is 5.80. The van der Waals surface area contributed by atoms with E-state index in [0.717, 1.165) is 0 Å². The third-order valence-electron chi connectivity index (χ3n) is 8.18. The van der Waals surface area contributed by atoms with Crippen LogP contribution in [0.5, 0.6) is 5.75 Å². The van der Waals surface area contributed by atoms with Crippen molar-refractivity contribution in [3.63, 3.8) is 0 Å². The highest BCUT2D eigenvalue weighted by Crippen LogP contribution is 2.48. The number of fused-ring (bicyclic) bond motifs is 2. The number of carbonyl (C=O) groups excluding carboxylic acids is 2. The van der Waals surface area contributed by atoms with E-state index < -0.39 is 29.7 Å². The summed E-state index contributed by atoms with van der Waals surface area (Å²) < 4.78 is 50.6. The van der Waals surface area contributed by atoms with Gasteiger partial charge in [0.15, 0.2) is 5.75 Å². The normalized spacial score (nSPS) is 24.6. The van der Waals surface area contributed by atoms with E-state index in [0.29, 0.717) is 0 Å². The Labute approximate surface area is 235 Å². The minimum Gasteiger partial charge on any atom is -0.489 e. The zero-order valence-corrected chi connectivity index (χ0v) is 23.3. The second kappa shape index (κ2) is 10.6. The van der Waals surface area contributed by atoms with Crippen LogP contribution in [0.15, 0.2) is 36.9 Å². The lowest BCUT2D eigenvalue weighted by atomic mass is 9.96. The lowest BCUT2D eigenvalue weighted by Gasteiger charge is -2.40. The topological polar surface area (TPSA) is 69.2 Å². The number of hydrogen-bond acceptors (Lipinski definition) is 6. The first-order chi connectivity index (χ1) is 19.0. The van der Waals surface area contributed by atoms with Gasteiger partial charge in [-0.2, -0.15) is 0 Å². The SMILES string of the molecule is C=CC(=O)N1CCN2C(=O)c3c(N4C[C@@H](N(C)C)CC4(C)C(F)F)nc(-c4ccccc4F)c(Cl)c3OC[C@H]2C1. The minimum atomic E-state index is -2.77. The Morgan fingerprint density at radius 3 is 2.65 bits per heavy atom. The first kappa shape index (κ1) is 28.2. The Morgan fingerprint density at radius 1 is 1.27 bits per heavy atom. The molecule has 3 atom stereocenters. The van der Waals surface area contributed by atoms with Gasteiger partial charge >= 0.3 is 0 Å². The average molecular weight is 578 g/mol. The van der Waals surface area contributed by atoms with Gasteiger partial charge in [0.2, 0.25) is 5.91 Å². The molecule has 3 aliphatic heterocycles. The van der Waals surface area contributed by atoms with Crippen LogP contribution in [-0.2, 0) is 4.79 Å². The van der Waals surface area contributed by atoms with Crippen LogP contribution in [-0.4, -0.2) is 102 Å². The Hall–Kier alpha value is -3.31. The van der Waals surface area contributed by atoms with E-state index in [-0.39, 0.29) is 84.6 Å². The van der Waals surface area contributed by atoms with Gasteiger partial charge in [0, 0.05) is 37.8 Å². The second-order valence-electron chi connectivity index (χ2n) is 10.8. The first-order valence-electron chi connectivity index (χ1n) is 13.0. The number of anilines is 1. The molecule has 4 heterocycles. The molecule has 0 N–H and O–H groups in total. The predicted octanol–water partition coefficient (Wildman–Crippen LogP) is 3.94. The van der Waals surface area contributed by atoms with Gasteiger partial charge in [-0.05, 0) is 45.6 Å². The van der Waals surface area contributed by atoms with Gasteiger partial charge in [0.25, 0.3) is 12.3 Å². The van der Waals surface area contributed by atoms with Crippen molar-refractivity contribution in [1.29, 1.82) is 0 Å². The number of rotatable bonds is 5. The quantitative estimate of drug-likeness (QED) is 0.502. The summed E-state index contributed by atoms with van der Waals surface area (Å²) in [4.78, 5) is 37.6. The third-order valence-corrected chi connectivity index (χ3v) is 8.53. The van der Waals surface area contributed by atoms with Gasteiger partial charge < -0.3 is 24.3 Å². The number of pyridine rings is 1. The van der Waals surface area contributed by atoms with Crippen molar-refractivity contribution in [2.75, 3.05) is 51.8 Å². The predicted molar refractivity (Wildman–Crippen MR) is 146 cm³/mol. The van der Waals surface area contributed by atoms with Gasteiger partial charge in [-0.1, -0.05) is 30.3 Å². The summed E-state index contributed by atoms with van der Waals surface area (Å²) in [5.41, 5.74) is -1.66. The lowest BCUT2D eigenvalue weighted by Crippen LogP contribution is -2.57. The molecule has 2 amide bonds. The van der Waals surface area contributed by atoms with Gasteiger partial charge in [0.05, 0.1) is 11.7 Å². The number of carbonyl (C=O) groups is 2. The van der Waals surface area contributed by atoms with Gasteiger partial charge in [0.1, 0.15) is 34.4 Å². The molecule has 1 aromatic carbocycles. The molecule has 214 valence electrons. The fourth-order valence-electron chi connectivity index (χ4n) is 5.75. The molecular weight excluding hydrogens is 547 g/mol. The standard InChI is InChI=1S/C28H31ClF3N5O3/c1-5-20(38)35-10-11-36-17(13-35)15-40-24-21(26(36)39)25(33-23(22(24)29)18-8-6-7-9-19(18)30)37-14-16(34(3)4)12-28(37,2)27(31)32/h5-9,16-17,27H,1,10-15H2,2-4H3/t16-,17+,28?/m0/s1. The summed E-state index contributed by atoms with van der Waals surface area (Å²) in [6, 6.07) is 5.08. The first-order valence-corrected chi connectivity index (χ1v) is 13.4. The van der Waals surface area contributed by atoms with E-state index in [4.69, 9.17) is 16.3 Å². The molecule has 0 radical (unpaired) electrons. The van der Waals surface area contributed by atoms with Crippen LogP contribution in [0.2, 0.25) is 5.02 Å². The van der Waals surface area contributed by atoms with Crippen molar-refractivity contribution in [2.45, 2.75) is 37.4 Å². The molecule has 0 aliphatic carbocycles. The number of nitrogens with zero attached hydrogens (tertiary/aromatic N) is 5. The maximum Gasteiger partial charge on any atom is 0.261 e. The Bertz CT molecular complexity index is 1360. The Balaban J connectivity index is 1.71. The zero-order chi connectivity index (χ0) is 28.9. The molecule has 0 bridgehead atoms. The number of hydrogen-bond donors (Lipinski definition) is 0. The average Bonchev–Trinajstić information content (AvgIpc) is 3.23. The number of likely N-dealkylation sites (N-methyl/N-ethyl adjacent to an activating group) is 1. The molecule has 12 heteroatoms. The largest absolute Gasteiger partial charge is 0.489 e. The molecule has 1 unspecified atom stereocenters. The highest BCUT2D eigenvalue weighted by Gasteiger charge is 2.52. The van der Waals surface area contributed by atoms with Crippen LogP contribution in [0.1, 0.15) is 23.7 Å². The maximum atomic E-state index is 15.0. The molecule has 5 rings (SSSR count). The van der Waals surface area contributed by atoms with E-state index in [1.165, 1.54) is 36.1 Å². The van der Waals surface area contributed by atoms with E-state index in [1.54, 1.807) is 15.9 Å². The van der Waals surface area contributed by atoms with Crippen molar-refractivity contribution in [3.8, 4) is 17.0 Å². The molecule has 40 heavy (non-hydrogen) atoms. The van der Waals surface area contributed by atoms with Crippen LogP contribution < -0.4 is 9.64 Å². The summed E-state index contributed by atoms with van der Waals surface area (Å²) in [5, 5.41) is -0.0850. The molecule has 1 aromatic heterocycles. The van der Waals surface area contributed by atoms with Crippen molar-refractivity contribution >= 4 is 29.2 Å². The van der Waals surface area contributed by atoms with Crippen molar-refractivity contribution in [1.82, 2.24) is 19.7 Å². The summed E-state index contributed by atoms with van der Waals surface area (Å²) in [7, 11) is 3.62. The number of aromatic nitrogens is 1. The van der Waals surface area contributed by atoms with Gasteiger partial charge in [-0.3, -0.25) is 9.59 Å². The summed E-state index contributed by atoms with van der Waals surface area (Å²) in [6.07, 6.45) is -1.44. The maximum absolute atomic E-state index is 15.0. The second-order valence-corrected chi connectivity index (χ2v) is 11.2. The summed E-state index contributed by atoms with van der Waals surface area (Å²) in [5.74, 6) is -1.42. The van der Waals surface area contributed by atoms with Crippen molar-refractivity contribution < 1.29 is 27.5 Å². The number of benzene rings is 1. The molecule has 2 saturated heterocycles. The van der Waals surface area contributed by atoms with Crippen LogP contribution in [0, 0.1) is 5.82 Å². The third kappa shape index (κ3) is 4.58. The molecule has 2 fully saturated rings. The molecular formula is C28H31ClF3N5O3. The number of amides is 2. The van der Waals surface area contributed by atoms with Crippen LogP contribution in [0.25, 0.3) is 11.3 Å². The molecule has 0 spiro atoms. The van der Waals surface area contributed by atoms with Gasteiger partial charge in [-0.25, -0.2) is 18.2 Å². The Kier molecular flexibility index (Phi) is 7.47. The number of alkyl halides is 2. The van der Waals surface area contributed by atoms with Crippen LogP contribution in [0.4, 0.5) is 19.0 Å². The monoisotopic (exact) mass is 577 g/mol. The van der Waals surface area contributed by atoms with E-state index >= 15 is 0 Å². The smallest absolute Gasteiger partial charge is 0.261 e. The highest BCUT2D eigenvalue weighted by atomic mass is 35.5. The molecule has 0 saturated carbocycles. The highest BCUT2D eigenvalue weighted by molar-refractivity contribution is 6.35. The van der Waals surface area contributed by atoms with E-state index in [1.807, 2.05) is 19.0 Å². The van der Waals surface area contributed by atoms with Gasteiger partial charge in [-0.15, -0.1) is 0 Å². The van der Waals surface area contributed by atoms with E-state index in [9.17, 15) is 22.8 Å². The summed E-state index contributed by atoms with van der Waals surface area (Å²) >= 11 is 6.78. The van der Waals surface area contributed by atoms with Crippen molar-refractivity contribution in [2.24, 2.45) is 0 Å². The van der Waals surface area contributed by atoms with E-state index in [2.05, 4.69) is 11.6 Å². The number of ether oxygens (including phenoxy) is 1. The zero-order valence-electron chi connectivity index (χ0n) is 22.5. The Morgan fingerprint density at radius 2 is 2.00 bits per heavy atom. The fourth-order valence-corrected chi connectivity index (χ4v) is 6.05. The molecule has 2 aromatic rings. The van der Waals surface area contributed by atoms with Crippen LogP contribution >= 0.6 is 11.6 Å². The minimum absolute atomic E-state index is 0.00503. The lowest BCUT2D eigenvalue weighted by molar-refractivity contribution is -0.128. The van der Waals surface area contributed by atoms with Crippen molar-refractivity contribution in [3.05, 3.63) is 53.3 Å². The van der Waals surface area contributed by atoms with Crippen LogP contribution in [0.3, 0.4) is 0 Å². The molecule has 3 aliphatic rings. The number of piperazine rings is 1. The molecule has 8 nitrogen and oxygen atoms in total. The fraction of sp³-hybridized carbons (Fsp3) is 0.464.